The molecule has 0 unspecified atom stereocenters. The average Bonchev–Trinajstić information content (AvgIpc) is 2.75. The van der Waals surface area contributed by atoms with Gasteiger partial charge >= 0.3 is 0 Å². The van der Waals surface area contributed by atoms with Crippen LogP contribution in [0.25, 0.3) is 5.69 Å². The zero-order valence-corrected chi connectivity index (χ0v) is 10.7. The van der Waals surface area contributed by atoms with E-state index in [4.69, 9.17) is 32.7 Å². The van der Waals surface area contributed by atoms with Crippen LogP contribution in [0.3, 0.4) is 0 Å². The zero-order valence-electron chi connectivity index (χ0n) is 9.15. The highest BCUT2D eigenvalue weighted by atomic mass is 35.5. The van der Waals surface area contributed by atoms with Crippen LogP contribution in [-0.2, 0) is 0 Å². The van der Waals surface area contributed by atoms with Crippen molar-refractivity contribution in [3.8, 4) is 17.2 Å². The molecule has 2 rings (SSSR count). The average molecular weight is 274 g/mol. The van der Waals surface area contributed by atoms with E-state index in [1.165, 1.54) is 13.4 Å². The topological polar surface area (TPSA) is 49.2 Å². The van der Waals surface area contributed by atoms with Crippen LogP contribution >= 0.6 is 23.2 Å². The minimum absolute atomic E-state index is 0.226. The summed E-state index contributed by atoms with van der Waals surface area (Å²) in [6.07, 6.45) is 1.48. The highest BCUT2D eigenvalue weighted by Gasteiger charge is 2.13. The Morgan fingerprint density at radius 3 is 2.35 bits per heavy atom. The van der Waals surface area contributed by atoms with Crippen LogP contribution in [0.5, 0.6) is 11.5 Å². The first-order chi connectivity index (χ1) is 8.17. The smallest absolute Gasteiger partial charge is 0.229 e. The van der Waals surface area contributed by atoms with Gasteiger partial charge in [0.2, 0.25) is 5.28 Å². The van der Waals surface area contributed by atoms with E-state index >= 15 is 0 Å². The molecule has 7 heteroatoms. The van der Waals surface area contributed by atoms with Crippen LogP contribution in [0.15, 0.2) is 18.5 Å². The summed E-state index contributed by atoms with van der Waals surface area (Å²) in [6, 6.07) is 3.35. The summed E-state index contributed by atoms with van der Waals surface area (Å²) in [5, 5.41) is 8.06. The third kappa shape index (κ3) is 2.16. The van der Waals surface area contributed by atoms with E-state index in [1.54, 1.807) is 23.8 Å². The number of ether oxygens (including phenoxy) is 2. The van der Waals surface area contributed by atoms with Crippen molar-refractivity contribution < 1.29 is 9.47 Å². The Balaban J connectivity index is 2.61. The zero-order chi connectivity index (χ0) is 12.4. The summed E-state index contributed by atoms with van der Waals surface area (Å²) in [5.41, 5.74) is 0.647. The lowest BCUT2D eigenvalue weighted by Crippen LogP contribution is -1.98. The van der Waals surface area contributed by atoms with Crippen molar-refractivity contribution in [3.05, 3.63) is 28.8 Å². The molecule has 0 saturated heterocycles. The monoisotopic (exact) mass is 273 g/mol. The third-order valence-electron chi connectivity index (χ3n) is 2.22. The minimum Gasteiger partial charge on any atom is -0.495 e. The molecule has 2 aromatic rings. The number of hydrogen-bond donors (Lipinski definition) is 0. The fourth-order valence-corrected chi connectivity index (χ4v) is 1.83. The van der Waals surface area contributed by atoms with Crippen LogP contribution in [0.2, 0.25) is 10.3 Å². The Morgan fingerprint density at radius 2 is 1.82 bits per heavy atom. The van der Waals surface area contributed by atoms with E-state index in [-0.39, 0.29) is 5.28 Å². The molecule has 1 aromatic carbocycles. The van der Waals surface area contributed by atoms with Gasteiger partial charge in [0.05, 0.1) is 24.9 Å². The number of hydrogen-bond acceptors (Lipinski definition) is 4. The maximum atomic E-state index is 6.05. The molecule has 0 aliphatic carbocycles. The minimum atomic E-state index is 0.226. The molecule has 0 atom stereocenters. The van der Waals surface area contributed by atoms with Gasteiger partial charge in [-0.15, -0.1) is 10.2 Å². The number of rotatable bonds is 3. The number of benzene rings is 1. The van der Waals surface area contributed by atoms with Gasteiger partial charge in [-0.05, 0) is 17.7 Å². The summed E-state index contributed by atoms with van der Waals surface area (Å²) in [6.45, 7) is 0. The highest BCUT2D eigenvalue weighted by molar-refractivity contribution is 6.32. The first-order valence-corrected chi connectivity index (χ1v) is 5.40. The van der Waals surface area contributed by atoms with Gasteiger partial charge in [0.25, 0.3) is 0 Å². The van der Waals surface area contributed by atoms with Crippen LogP contribution in [-0.4, -0.2) is 29.0 Å². The standard InChI is InChI=1S/C10H9Cl2N3O2/c1-16-8-4-9(17-2)7(3-6(8)11)15-5-13-14-10(15)12/h3-5H,1-2H3. The van der Waals surface area contributed by atoms with E-state index in [1.807, 2.05) is 0 Å². The van der Waals surface area contributed by atoms with Gasteiger partial charge in [0, 0.05) is 6.07 Å². The molecule has 0 radical (unpaired) electrons. The summed E-state index contributed by atoms with van der Waals surface area (Å²) >= 11 is 11.9. The lowest BCUT2D eigenvalue weighted by atomic mass is 10.2. The van der Waals surface area contributed by atoms with Crippen LogP contribution in [0.4, 0.5) is 0 Å². The van der Waals surface area contributed by atoms with Gasteiger partial charge in [-0.2, -0.15) is 0 Å². The Kier molecular flexibility index (Phi) is 3.40. The molecule has 0 saturated carbocycles. The van der Waals surface area contributed by atoms with Gasteiger partial charge in [0.1, 0.15) is 17.8 Å². The Labute approximate surface area is 108 Å². The predicted octanol–water partition coefficient (Wildman–Crippen LogP) is 2.59. The van der Waals surface area contributed by atoms with Crippen molar-refractivity contribution in [1.82, 2.24) is 14.8 Å². The fraction of sp³-hybridized carbons (Fsp3) is 0.200. The maximum Gasteiger partial charge on any atom is 0.229 e. The largest absolute Gasteiger partial charge is 0.495 e. The molecule has 0 fully saturated rings. The Morgan fingerprint density at radius 1 is 1.12 bits per heavy atom. The molecule has 1 heterocycles. The second-order valence-electron chi connectivity index (χ2n) is 3.13. The molecule has 0 aliphatic rings. The normalized spacial score (nSPS) is 10.4. The number of halogens is 2. The SMILES string of the molecule is COc1cc(OC)c(-n2cnnc2Cl)cc1Cl. The van der Waals surface area contributed by atoms with Crippen molar-refractivity contribution in [1.29, 1.82) is 0 Å². The van der Waals surface area contributed by atoms with Crippen molar-refractivity contribution in [3.63, 3.8) is 0 Å². The van der Waals surface area contributed by atoms with Crippen LogP contribution in [0, 0.1) is 0 Å². The second kappa shape index (κ2) is 4.81. The van der Waals surface area contributed by atoms with Crippen molar-refractivity contribution in [2.75, 3.05) is 14.2 Å². The lowest BCUT2D eigenvalue weighted by molar-refractivity contribution is 0.393. The third-order valence-corrected chi connectivity index (χ3v) is 2.77. The quantitative estimate of drug-likeness (QED) is 0.863. The molecule has 90 valence electrons. The lowest BCUT2D eigenvalue weighted by Gasteiger charge is -2.12. The first-order valence-electron chi connectivity index (χ1n) is 4.64. The molecule has 1 aromatic heterocycles. The highest BCUT2D eigenvalue weighted by Crippen LogP contribution is 2.35. The molecule has 0 N–H and O–H groups in total. The predicted molar refractivity (Wildman–Crippen MR) is 64.5 cm³/mol. The Hall–Kier alpha value is -1.46. The molecule has 0 spiro atoms. The van der Waals surface area contributed by atoms with Crippen LogP contribution in [0.1, 0.15) is 0 Å². The molecular weight excluding hydrogens is 265 g/mol. The van der Waals surface area contributed by atoms with Gasteiger partial charge in [0.15, 0.2) is 0 Å². The molecular formula is C10H9Cl2N3O2. The summed E-state index contributed by atoms with van der Waals surface area (Å²) in [5.74, 6) is 1.09. The fourth-order valence-electron chi connectivity index (χ4n) is 1.41. The van der Waals surface area contributed by atoms with E-state index in [0.717, 1.165) is 0 Å². The molecule has 0 amide bonds. The van der Waals surface area contributed by atoms with E-state index < -0.39 is 0 Å². The second-order valence-corrected chi connectivity index (χ2v) is 3.87. The van der Waals surface area contributed by atoms with Gasteiger partial charge in [-0.25, -0.2) is 0 Å². The molecule has 0 aliphatic heterocycles. The summed E-state index contributed by atoms with van der Waals surface area (Å²) < 4.78 is 11.9. The molecule has 17 heavy (non-hydrogen) atoms. The number of nitrogens with zero attached hydrogens (tertiary/aromatic N) is 3. The van der Waals surface area contributed by atoms with Crippen LogP contribution < -0.4 is 9.47 Å². The summed E-state index contributed by atoms with van der Waals surface area (Å²) in [7, 11) is 3.08. The van der Waals surface area contributed by atoms with E-state index in [9.17, 15) is 0 Å². The number of aromatic nitrogens is 3. The van der Waals surface area contributed by atoms with Crippen molar-refractivity contribution >= 4 is 23.2 Å². The first kappa shape index (κ1) is 12.0. The maximum absolute atomic E-state index is 6.05. The summed E-state index contributed by atoms with van der Waals surface area (Å²) in [4.78, 5) is 0. The van der Waals surface area contributed by atoms with Gasteiger partial charge in [-0.1, -0.05) is 11.6 Å². The van der Waals surface area contributed by atoms with Gasteiger partial charge in [-0.3, -0.25) is 4.57 Å². The molecule has 0 bridgehead atoms. The van der Waals surface area contributed by atoms with E-state index in [2.05, 4.69) is 10.2 Å². The molecule has 5 nitrogen and oxygen atoms in total. The Bertz CT molecular complexity index is 542. The van der Waals surface area contributed by atoms with Gasteiger partial charge < -0.3 is 9.47 Å². The van der Waals surface area contributed by atoms with Crippen molar-refractivity contribution in [2.24, 2.45) is 0 Å². The van der Waals surface area contributed by atoms with E-state index in [0.29, 0.717) is 22.2 Å². The number of methoxy groups -OCH3 is 2. The van der Waals surface area contributed by atoms with Crippen molar-refractivity contribution in [2.45, 2.75) is 0 Å².